The van der Waals surface area contributed by atoms with Gasteiger partial charge in [0.15, 0.2) is 12.3 Å². The molecule has 1 amide bonds. The second-order valence-electron chi connectivity index (χ2n) is 6.73. The average molecular weight is 377 g/mol. The summed E-state index contributed by atoms with van der Waals surface area (Å²) in [5.41, 5.74) is 1.94. The fraction of sp³-hybridized carbons (Fsp3) is 0.238. The van der Waals surface area contributed by atoms with Gasteiger partial charge in [-0.1, -0.05) is 42.5 Å². The van der Waals surface area contributed by atoms with E-state index in [9.17, 15) is 14.4 Å². The number of esters is 1. The highest BCUT2D eigenvalue weighted by atomic mass is 16.5. The monoisotopic (exact) mass is 377 g/mol. The van der Waals surface area contributed by atoms with Crippen LogP contribution < -0.4 is 10.9 Å². The minimum atomic E-state index is -0.758. The molecular weight excluding hydrogens is 358 g/mol. The Morgan fingerprint density at radius 2 is 1.86 bits per heavy atom. The number of H-pyrrole nitrogens is 1. The SMILES string of the molecule is O=C(COC(=O)c1n[nH]c(=O)c2ccccc12)N[C@H]1CCCc2ccccc21. The second-order valence-corrected chi connectivity index (χ2v) is 6.73. The molecule has 0 saturated carbocycles. The van der Waals surface area contributed by atoms with Crippen molar-refractivity contribution in [1.82, 2.24) is 15.5 Å². The number of aryl methyl sites for hydroxylation is 1. The Morgan fingerprint density at radius 3 is 2.71 bits per heavy atom. The van der Waals surface area contributed by atoms with Gasteiger partial charge in [0.05, 0.1) is 11.4 Å². The van der Waals surface area contributed by atoms with Crippen LogP contribution in [0.3, 0.4) is 0 Å². The number of nitrogens with one attached hydrogen (secondary N) is 2. The molecule has 0 bridgehead atoms. The van der Waals surface area contributed by atoms with Crippen LogP contribution in [0, 0.1) is 0 Å². The predicted molar refractivity (Wildman–Crippen MR) is 103 cm³/mol. The maximum Gasteiger partial charge on any atom is 0.359 e. The van der Waals surface area contributed by atoms with Gasteiger partial charge in [-0.15, -0.1) is 0 Å². The minimum Gasteiger partial charge on any atom is -0.451 e. The summed E-state index contributed by atoms with van der Waals surface area (Å²) < 4.78 is 5.13. The first-order chi connectivity index (χ1) is 13.6. The Hall–Kier alpha value is -3.48. The molecule has 2 aromatic carbocycles. The fourth-order valence-electron chi connectivity index (χ4n) is 3.61. The van der Waals surface area contributed by atoms with Crippen LogP contribution in [0.4, 0.5) is 0 Å². The maximum absolute atomic E-state index is 12.4. The number of hydrogen-bond donors (Lipinski definition) is 2. The van der Waals surface area contributed by atoms with Crippen molar-refractivity contribution in [1.29, 1.82) is 0 Å². The van der Waals surface area contributed by atoms with E-state index in [-0.39, 0.29) is 23.2 Å². The lowest BCUT2D eigenvalue weighted by atomic mass is 9.88. The van der Waals surface area contributed by atoms with E-state index in [0.717, 1.165) is 24.8 Å². The van der Waals surface area contributed by atoms with Crippen LogP contribution in [-0.4, -0.2) is 28.7 Å². The summed E-state index contributed by atoms with van der Waals surface area (Å²) in [5.74, 6) is -1.13. The summed E-state index contributed by atoms with van der Waals surface area (Å²) >= 11 is 0. The largest absolute Gasteiger partial charge is 0.451 e. The maximum atomic E-state index is 12.4. The summed E-state index contributed by atoms with van der Waals surface area (Å²) in [7, 11) is 0. The molecule has 28 heavy (non-hydrogen) atoms. The Kier molecular flexibility index (Phi) is 4.89. The molecule has 0 saturated heterocycles. The Balaban J connectivity index is 1.43. The topological polar surface area (TPSA) is 101 Å². The fourth-order valence-corrected chi connectivity index (χ4v) is 3.61. The summed E-state index contributed by atoms with van der Waals surface area (Å²) in [4.78, 5) is 36.5. The molecule has 0 unspecified atom stereocenters. The zero-order valence-corrected chi connectivity index (χ0v) is 15.1. The van der Waals surface area contributed by atoms with Crippen molar-refractivity contribution in [3.63, 3.8) is 0 Å². The van der Waals surface area contributed by atoms with Crippen molar-refractivity contribution in [3.8, 4) is 0 Å². The van der Waals surface area contributed by atoms with E-state index in [1.54, 1.807) is 24.3 Å². The van der Waals surface area contributed by atoms with E-state index in [1.807, 2.05) is 18.2 Å². The summed E-state index contributed by atoms with van der Waals surface area (Å²) in [6.45, 7) is -0.410. The number of amides is 1. The molecule has 1 atom stereocenters. The lowest BCUT2D eigenvalue weighted by Gasteiger charge is -2.26. The molecule has 1 aliphatic carbocycles. The van der Waals surface area contributed by atoms with Gasteiger partial charge in [0.1, 0.15) is 0 Å². The Bertz CT molecular complexity index is 1110. The number of aromatic nitrogens is 2. The minimum absolute atomic E-state index is 0.0222. The molecule has 1 aromatic heterocycles. The van der Waals surface area contributed by atoms with E-state index in [4.69, 9.17) is 4.74 Å². The zero-order chi connectivity index (χ0) is 19.5. The molecule has 0 spiro atoms. The molecule has 0 fully saturated rings. The van der Waals surface area contributed by atoms with Crippen LogP contribution >= 0.6 is 0 Å². The number of carbonyl (C=O) groups is 2. The third-order valence-corrected chi connectivity index (χ3v) is 4.93. The van der Waals surface area contributed by atoms with Crippen LogP contribution in [0.1, 0.15) is 40.5 Å². The molecule has 3 aromatic rings. The first-order valence-corrected chi connectivity index (χ1v) is 9.15. The molecule has 1 heterocycles. The summed E-state index contributed by atoms with van der Waals surface area (Å²) in [6, 6.07) is 14.6. The van der Waals surface area contributed by atoms with Gasteiger partial charge in [0.2, 0.25) is 0 Å². The molecule has 0 aliphatic heterocycles. The van der Waals surface area contributed by atoms with Crippen molar-refractivity contribution >= 4 is 22.6 Å². The normalized spacial score (nSPS) is 15.6. The number of carbonyl (C=O) groups excluding carboxylic acids is 2. The van der Waals surface area contributed by atoms with Crippen LogP contribution in [0.15, 0.2) is 53.3 Å². The number of ether oxygens (including phenoxy) is 1. The van der Waals surface area contributed by atoms with Crippen LogP contribution in [0.25, 0.3) is 10.8 Å². The molecule has 4 rings (SSSR count). The molecule has 142 valence electrons. The predicted octanol–water partition coefficient (Wildman–Crippen LogP) is 2.27. The third-order valence-electron chi connectivity index (χ3n) is 4.93. The van der Waals surface area contributed by atoms with E-state index < -0.39 is 12.6 Å². The van der Waals surface area contributed by atoms with Crippen molar-refractivity contribution < 1.29 is 14.3 Å². The smallest absolute Gasteiger partial charge is 0.359 e. The zero-order valence-electron chi connectivity index (χ0n) is 15.1. The van der Waals surface area contributed by atoms with E-state index in [1.165, 1.54) is 5.56 Å². The first-order valence-electron chi connectivity index (χ1n) is 9.15. The van der Waals surface area contributed by atoms with Crippen molar-refractivity contribution in [2.24, 2.45) is 0 Å². The van der Waals surface area contributed by atoms with Gasteiger partial charge < -0.3 is 10.1 Å². The average Bonchev–Trinajstić information content (AvgIpc) is 2.73. The van der Waals surface area contributed by atoms with E-state index >= 15 is 0 Å². The Labute approximate surface area is 160 Å². The molecule has 0 radical (unpaired) electrons. The highest BCUT2D eigenvalue weighted by Crippen LogP contribution is 2.29. The summed E-state index contributed by atoms with van der Waals surface area (Å²) in [5, 5.41) is 9.73. The van der Waals surface area contributed by atoms with Gasteiger partial charge in [0, 0.05) is 5.39 Å². The lowest BCUT2D eigenvalue weighted by molar-refractivity contribution is -0.125. The number of aromatic amines is 1. The van der Waals surface area contributed by atoms with E-state index in [2.05, 4.69) is 21.6 Å². The van der Waals surface area contributed by atoms with Gasteiger partial charge in [-0.05, 0) is 36.5 Å². The van der Waals surface area contributed by atoms with Crippen LogP contribution in [0.5, 0.6) is 0 Å². The van der Waals surface area contributed by atoms with Crippen molar-refractivity contribution in [2.75, 3.05) is 6.61 Å². The van der Waals surface area contributed by atoms with Gasteiger partial charge in [-0.25, -0.2) is 9.89 Å². The number of fused-ring (bicyclic) bond motifs is 2. The quantitative estimate of drug-likeness (QED) is 0.679. The molecular formula is C21H19N3O4. The van der Waals surface area contributed by atoms with Crippen molar-refractivity contribution in [2.45, 2.75) is 25.3 Å². The van der Waals surface area contributed by atoms with Gasteiger partial charge in [0.25, 0.3) is 11.5 Å². The van der Waals surface area contributed by atoms with E-state index in [0.29, 0.717) is 10.8 Å². The lowest BCUT2D eigenvalue weighted by Crippen LogP contribution is -2.34. The summed E-state index contributed by atoms with van der Waals surface area (Å²) in [6.07, 6.45) is 2.85. The van der Waals surface area contributed by atoms with Gasteiger partial charge in [-0.2, -0.15) is 5.10 Å². The molecule has 7 heteroatoms. The van der Waals surface area contributed by atoms with Crippen LogP contribution in [0.2, 0.25) is 0 Å². The molecule has 1 aliphatic rings. The highest BCUT2D eigenvalue weighted by molar-refractivity contribution is 6.02. The number of benzene rings is 2. The third kappa shape index (κ3) is 3.51. The molecule has 2 N–H and O–H groups in total. The van der Waals surface area contributed by atoms with Crippen LogP contribution in [-0.2, 0) is 16.0 Å². The van der Waals surface area contributed by atoms with Gasteiger partial charge >= 0.3 is 5.97 Å². The number of rotatable bonds is 4. The number of hydrogen-bond acceptors (Lipinski definition) is 5. The standard InChI is InChI=1S/C21H19N3O4/c25-18(22-17-11-5-7-13-6-1-2-8-14(13)17)12-28-21(27)19-15-9-3-4-10-16(15)20(26)24-23-19/h1-4,6,8-10,17H,5,7,11-12H2,(H,22,25)(H,24,26)/t17-/m0/s1. The highest BCUT2D eigenvalue weighted by Gasteiger charge is 2.22. The van der Waals surface area contributed by atoms with Crippen molar-refractivity contribution in [3.05, 3.63) is 75.7 Å². The van der Waals surface area contributed by atoms with Gasteiger partial charge in [-0.3, -0.25) is 9.59 Å². The Morgan fingerprint density at radius 1 is 1.11 bits per heavy atom. The second kappa shape index (κ2) is 7.64. The molecule has 7 nitrogen and oxygen atoms in total. The number of nitrogens with zero attached hydrogens (tertiary/aromatic N) is 1. The first kappa shape index (κ1) is 17.9.